The molecule has 0 saturated carbocycles. The molecule has 2 N–H and O–H groups in total. The monoisotopic (exact) mass is 610 g/mol. The predicted octanol–water partition coefficient (Wildman–Crippen LogP) is 4.88. The Morgan fingerprint density at radius 3 is 2.73 bits per heavy atom. The lowest BCUT2D eigenvalue weighted by Gasteiger charge is -2.33. The van der Waals surface area contributed by atoms with Gasteiger partial charge in [-0.25, -0.2) is 4.39 Å². The molecular weight excluding hydrogens is 580 g/mol. The van der Waals surface area contributed by atoms with Gasteiger partial charge in [0.25, 0.3) is 5.91 Å². The van der Waals surface area contributed by atoms with Crippen molar-refractivity contribution in [3.05, 3.63) is 84.0 Å². The number of benzene rings is 2. The van der Waals surface area contributed by atoms with Crippen molar-refractivity contribution in [2.45, 2.75) is 44.4 Å². The van der Waals surface area contributed by atoms with Crippen LogP contribution in [0.5, 0.6) is 0 Å². The summed E-state index contributed by atoms with van der Waals surface area (Å²) in [6.07, 6.45) is -2.06. The SMILES string of the molecule is CN1CC[C@@H](Nc2cccc3c2cc(-c2noc(CNC(=O)c4cnn(Cc5ccccc5)c4)n2)n3CC(F)(F)F)[C@@H](F)C1. The van der Waals surface area contributed by atoms with Crippen molar-refractivity contribution in [2.75, 3.05) is 25.5 Å². The fraction of sp³-hybridized carbons (Fsp3) is 0.333. The van der Waals surface area contributed by atoms with Gasteiger partial charge in [0.1, 0.15) is 12.7 Å². The predicted molar refractivity (Wildman–Crippen MR) is 155 cm³/mol. The van der Waals surface area contributed by atoms with Gasteiger partial charge in [-0.15, -0.1) is 0 Å². The van der Waals surface area contributed by atoms with Gasteiger partial charge in [-0.1, -0.05) is 41.6 Å². The van der Waals surface area contributed by atoms with Crippen molar-refractivity contribution in [2.24, 2.45) is 0 Å². The summed E-state index contributed by atoms with van der Waals surface area (Å²) in [6.45, 7) is 0.0360. The van der Waals surface area contributed by atoms with E-state index >= 15 is 0 Å². The van der Waals surface area contributed by atoms with Gasteiger partial charge in [-0.05, 0) is 37.2 Å². The van der Waals surface area contributed by atoms with Crippen molar-refractivity contribution in [1.82, 2.24) is 34.7 Å². The number of aromatic nitrogens is 5. The van der Waals surface area contributed by atoms with Gasteiger partial charge in [0.2, 0.25) is 11.7 Å². The number of piperidine rings is 1. The Morgan fingerprint density at radius 1 is 1.14 bits per heavy atom. The average Bonchev–Trinajstić information content (AvgIpc) is 3.73. The molecule has 1 saturated heterocycles. The van der Waals surface area contributed by atoms with Crippen molar-refractivity contribution < 1.29 is 26.9 Å². The summed E-state index contributed by atoms with van der Waals surface area (Å²) in [5.41, 5.74) is 2.24. The number of alkyl halides is 4. The first-order valence-electron chi connectivity index (χ1n) is 14.1. The van der Waals surface area contributed by atoms with Gasteiger partial charge in [0.15, 0.2) is 0 Å². The first-order valence-corrected chi connectivity index (χ1v) is 14.1. The van der Waals surface area contributed by atoms with Crippen LogP contribution in [0, 0.1) is 0 Å². The van der Waals surface area contributed by atoms with Gasteiger partial charge in [-0.2, -0.15) is 23.3 Å². The van der Waals surface area contributed by atoms with Crippen LogP contribution >= 0.6 is 0 Å². The van der Waals surface area contributed by atoms with Crippen LogP contribution in [-0.4, -0.2) is 73.8 Å². The molecule has 0 aliphatic carbocycles. The number of fused-ring (bicyclic) bond motifs is 1. The molecule has 10 nitrogen and oxygen atoms in total. The van der Waals surface area contributed by atoms with E-state index in [1.165, 1.54) is 6.20 Å². The number of hydrogen-bond acceptors (Lipinski definition) is 7. The second-order valence-corrected chi connectivity index (χ2v) is 10.9. The smallest absolute Gasteiger partial charge is 0.379 e. The summed E-state index contributed by atoms with van der Waals surface area (Å²) in [6, 6.07) is 15.6. The maximum absolute atomic E-state index is 14.8. The fourth-order valence-electron chi connectivity index (χ4n) is 5.39. The van der Waals surface area contributed by atoms with Crippen molar-refractivity contribution in [1.29, 1.82) is 0 Å². The Bertz CT molecular complexity index is 1750. The van der Waals surface area contributed by atoms with E-state index < -0.39 is 30.8 Å². The minimum absolute atomic E-state index is 0.0128. The highest BCUT2D eigenvalue weighted by molar-refractivity contribution is 5.96. The third-order valence-electron chi connectivity index (χ3n) is 7.55. The molecule has 44 heavy (non-hydrogen) atoms. The van der Waals surface area contributed by atoms with E-state index in [2.05, 4.69) is 25.9 Å². The van der Waals surface area contributed by atoms with Gasteiger partial charge < -0.3 is 24.6 Å². The lowest BCUT2D eigenvalue weighted by Crippen LogP contribution is -2.46. The maximum Gasteiger partial charge on any atom is 0.406 e. The second kappa shape index (κ2) is 12.1. The number of nitrogens with one attached hydrogen (secondary N) is 2. The van der Waals surface area contributed by atoms with Crippen LogP contribution in [0.1, 0.15) is 28.2 Å². The quantitative estimate of drug-likeness (QED) is 0.229. The van der Waals surface area contributed by atoms with Crippen LogP contribution in [0.4, 0.5) is 23.2 Å². The normalized spacial score (nSPS) is 17.7. The molecule has 0 bridgehead atoms. The molecule has 3 aromatic heterocycles. The molecule has 230 valence electrons. The number of amides is 1. The van der Waals surface area contributed by atoms with Gasteiger partial charge in [-0.3, -0.25) is 9.48 Å². The Labute approximate surface area is 249 Å². The lowest BCUT2D eigenvalue weighted by atomic mass is 10.0. The van der Waals surface area contributed by atoms with Crippen LogP contribution in [0.25, 0.3) is 22.4 Å². The summed E-state index contributed by atoms with van der Waals surface area (Å²) in [5, 5.41) is 14.5. The Balaban J connectivity index is 1.20. The van der Waals surface area contributed by atoms with E-state index in [9.17, 15) is 22.4 Å². The van der Waals surface area contributed by atoms with E-state index in [1.807, 2.05) is 42.3 Å². The molecule has 0 radical (unpaired) electrons. The fourth-order valence-corrected chi connectivity index (χ4v) is 5.39. The number of nitrogens with zero attached hydrogens (tertiary/aromatic N) is 6. The number of hydrogen-bond donors (Lipinski definition) is 2. The summed E-state index contributed by atoms with van der Waals surface area (Å²) in [5.74, 6) is -0.483. The van der Waals surface area contributed by atoms with Crippen molar-refractivity contribution in [3.63, 3.8) is 0 Å². The van der Waals surface area contributed by atoms with Crippen LogP contribution in [-0.2, 0) is 19.6 Å². The first-order chi connectivity index (χ1) is 21.1. The van der Waals surface area contributed by atoms with E-state index in [-0.39, 0.29) is 36.0 Å². The van der Waals surface area contributed by atoms with Crippen LogP contribution in [0.2, 0.25) is 0 Å². The third kappa shape index (κ3) is 6.59. The molecule has 6 rings (SSSR count). The first kappa shape index (κ1) is 29.4. The van der Waals surface area contributed by atoms with Crippen molar-refractivity contribution >= 4 is 22.5 Å². The Hall–Kier alpha value is -4.72. The Morgan fingerprint density at radius 2 is 1.95 bits per heavy atom. The summed E-state index contributed by atoms with van der Waals surface area (Å²) < 4.78 is 63.8. The zero-order valence-electron chi connectivity index (χ0n) is 23.8. The number of carbonyl (C=O) groups excluding carboxylic acids is 1. The summed E-state index contributed by atoms with van der Waals surface area (Å²) in [7, 11) is 1.85. The van der Waals surface area contributed by atoms with Crippen LogP contribution in [0.15, 0.2) is 71.5 Å². The van der Waals surface area contributed by atoms with E-state index in [4.69, 9.17) is 4.52 Å². The molecule has 5 aromatic rings. The van der Waals surface area contributed by atoms with E-state index in [1.54, 1.807) is 35.1 Å². The molecule has 2 aromatic carbocycles. The van der Waals surface area contributed by atoms with Gasteiger partial charge in [0, 0.05) is 30.4 Å². The molecular formula is C30H30F4N8O2. The topological polar surface area (TPSA) is 106 Å². The average molecular weight is 611 g/mol. The molecule has 2 atom stereocenters. The van der Waals surface area contributed by atoms with Gasteiger partial charge >= 0.3 is 6.18 Å². The highest BCUT2D eigenvalue weighted by Crippen LogP contribution is 2.35. The number of carbonyl (C=O) groups is 1. The molecule has 4 heterocycles. The molecule has 14 heteroatoms. The Kier molecular flexibility index (Phi) is 8.08. The van der Waals surface area contributed by atoms with E-state index in [0.717, 1.165) is 10.1 Å². The molecule has 1 amide bonds. The summed E-state index contributed by atoms with van der Waals surface area (Å²) in [4.78, 5) is 18.9. The highest BCUT2D eigenvalue weighted by Gasteiger charge is 2.32. The minimum atomic E-state index is -4.53. The van der Waals surface area contributed by atoms with Crippen molar-refractivity contribution in [3.8, 4) is 11.5 Å². The highest BCUT2D eigenvalue weighted by atomic mass is 19.4. The van der Waals surface area contributed by atoms with Crippen LogP contribution in [0.3, 0.4) is 0 Å². The van der Waals surface area contributed by atoms with Crippen LogP contribution < -0.4 is 10.6 Å². The number of halogens is 4. The lowest BCUT2D eigenvalue weighted by molar-refractivity contribution is -0.139. The largest absolute Gasteiger partial charge is 0.406 e. The third-order valence-corrected chi connectivity index (χ3v) is 7.55. The standard InChI is InChI=1S/C30H30F4N8O2/c1-40-11-10-24(22(31)17-40)37-23-8-5-9-25-21(23)12-26(42(25)18-30(32,33)34)28-38-27(44-39-28)14-35-29(43)20-13-36-41(16-20)15-19-6-3-2-4-7-19/h2-9,12-13,16,22,24,37H,10-11,14-15,17-18H2,1H3,(H,35,43)/t22-,24+/m0/s1. The molecule has 0 spiro atoms. The second-order valence-electron chi connectivity index (χ2n) is 10.9. The number of anilines is 1. The zero-order chi connectivity index (χ0) is 30.8. The number of rotatable bonds is 9. The molecule has 0 unspecified atom stereocenters. The zero-order valence-corrected chi connectivity index (χ0v) is 23.8. The summed E-state index contributed by atoms with van der Waals surface area (Å²) >= 11 is 0. The molecule has 1 aliphatic heterocycles. The minimum Gasteiger partial charge on any atom is -0.379 e. The number of likely N-dealkylation sites (tertiary alicyclic amines) is 1. The van der Waals surface area contributed by atoms with E-state index in [0.29, 0.717) is 36.1 Å². The van der Waals surface area contributed by atoms with Gasteiger partial charge in [0.05, 0.1) is 42.1 Å². The molecule has 1 fully saturated rings. The molecule has 1 aliphatic rings. The maximum atomic E-state index is 14.8.